The van der Waals surface area contributed by atoms with E-state index in [2.05, 4.69) is 5.32 Å². The SMILES string of the molecule is CC[C@H](C(=O)NC(C)(C)C)N(Cc1ccc(Cl)c(Cl)c1)C(=O)CSc1ccc(Cl)cc1. The third kappa shape index (κ3) is 8.23. The van der Waals surface area contributed by atoms with Crippen LogP contribution in [0.1, 0.15) is 39.7 Å². The normalized spacial score (nSPS) is 12.4. The lowest BCUT2D eigenvalue weighted by Crippen LogP contribution is -2.53. The average Bonchev–Trinajstić information content (AvgIpc) is 2.68. The minimum atomic E-state index is -0.605. The molecule has 0 spiro atoms. The number of thioether (sulfide) groups is 1. The van der Waals surface area contributed by atoms with Gasteiger partial charge in [0, 0.05) is 22.0 Å². The molecule has 0 aliphatic carbocycles. The van der Waals surface area contributed by atoms with E-state index in [0.717, 1.165) is 10.5 Å². The summed E-state index contributed by atoms with van der Waals surface area (Å²) in [4.78, 5) is 28.8. The van der Waals surface area contributed by atoms with Crippen molar-refractivity contribution in [3.05, 3.63) is 63.1 Å². The lowest BCUT2D eigenvalue weighted by atomic mass is 10.1. The fourth-order valence-corrected chi connectivity index (χ4v) is 4.20. The molecule has 2 aromatic carbocycles. The van der Waals surface area contributed by atoms with E-state index in [4.69, 9.17) is 34.8 Å². The molecule has 2 rings (SSSR count). The molecule has 0 radical (unpaired) electrons. The van der Waals surface area contributed by atoms with E-state index in [1.54, 1.807) is 29.2 Å². The maximum Gasteiger partial charge on any atom is 0.243 e. The summed E-state index contributed by atoms with van der Waals surface area (Å²) in [5, 5.41) is 4.49. The van der Waals surface area contributed by atoms with Crippen LogP contribution in [0.5, 0.6) is 0 Å². The molecule has 0 aliphatic heterocycles. The van der Waals surface area contributed by atoms with Crippen LogP contribution < -0.4 is 5.32 Å². The van der Waals surface area contributed by atoms with Gasteiger partial charge >= 0.3 is 0 Å². The maximum absolute atomic E-state index is 13.3. The molecule has 31 heavy (non-hydrogen) atoms. The Morgan fingerprint density at radius 2 is 1.68 bits per heavy atom. The molecule has 8 heteroatoms. The fraction of sp³-hybridized carbons (Fsp3) is 0.391. The van der Waals surface area contributed by atoms with Gasteiger partial charge in [-0.25, -0.2) is 0 Å². The lowest BCUT2D eigenvalue weighted by Gasteiger charge is -2.33. The van der Waals surface area contributed by atoms with Gasteiger partial charge in [0.05, 0.1) is 15.8 Å². The third-order valence-corrected chi connectivity index (χ3v) is 6.38. The van der Waals surface area contributed by atoms with Gasteiger partial charge in [-0.1, -0.05) is 47.8 Å². The van der Waals surface area contributed by atoms with Crippen molar-refractivity contribution in [2.45, 2.75) is 57.1 Å². The molecule has 168 valence electrons. The number of nitrogens with zero attached hydrogens (tertiary/aromatic N) is 1. The number of halogens is 3. The number of carbonyl (C=O) groups is 2. The highest BCUT2D eigenvalue weighted by Gasteiger charge is 2.30. The number of nitrogens with one attached hydrogen (secondary N) is 1. The van der Waals surface area contributed by atoms with E-state index in [-0.39, 0.29) is 24.1 Å². The third-order valence-electron chi connectivity index (χ3n) is 4.40. The summed E-state index contributed by atoms with van der Waals surface area (Å²) in [6, 6.07) is 11.9. The largest absolute Gasteiger partial charge is 0.350 e. The maximum atomic E-state index is 13.3. The van der Waals surface area contributed by atoms with E-state index in [1.807, 2.05) is 45.9 Å². The molecule has 0 saturated carbocycles. The van der Waals surface area contributed by atoms with Crippen LogP contribution in [0.25, 0.3) is 0 Å². The van der Waals surface area contributed by atoms with Gasteiger partial charge in [0.25, 0.3) is 0 Å². The highest BCUT2D eigenvalue weighted by molar-refractivity contribution is 8.00. The Hall–Kier alpha value is -1.40. The Bertz CT molecular complexity index is 914. The van der Waals surface area contributed by atoms with Crippen LogP contribution in [0.15, 0.2) is 47.4 Å². The quantitative estimate of drug-likeness (QED) is 0.422. The molecule has 2 aromatic rings. The first-order chi connectivity index (χ1) is 14.5. The van der Waals surface area contributed by atoms with E-state index >= 15 is 0 Å². The summed E-state index contributed by atoms with van der Waals surface area (Å²) < 4.78 is 0. The van der Waals surface area contributed by atoms with Crippen molar-refractivity contribution in [2.24, 2.45) is 0 Å². The molecule has 4 nitrogen and oxygen atoms in total. The second-order valence-electron chi connectivity index (χ2n) is 8.18. The minimum Gasteiger partial charge on any atom is -0.350 e. The van der Waals surface area contributed by atoms with Gasteiger partial charge in [-0.3, -0.25) is 9.59 Å². The van der Waals surface area contributed by atoms with Gasteiger partial charge in [0.1, 0.15) is 6.04 Å². The second-order valence-corrected chi connectivity index (χ2v) is 10.5. The summed E-state index contributed by atoms with van der Waals surface area (Å²) >= 11 is 19.5. The van der Waals surface area contributed by atoms with Crippen LogP contribution in [0.4, 0.5) is 0 Å². The van der Waals surface area contributed by atoms with Crippen LogP contribution in [0.2, 0.25) is 15.1 Å². The first-order valence-electron chi connectivity index (χ1n) is 9.94. The van der Waals surface area contributed by atoms with E-state index < -0.39 is 11.6 Å². The second kappa shape index (κ2) is 11.5. The van der Waals surface area contributed by atoms with Crippen molar-refractivity contribution in [1.82, 2.24) is 10.2 Å². The van der Waals surface area contributed by atoms with Crippen LogP contribution >= 0.6 is 46.6 Å². The van der Waals surface area contributed by atoms with Crippen LogP contribution in [-0.2, 0) is 16.1 Å². The summed E-state index contributed by atoms with van der Waals surface area (Å²) in [5.74, 6) is -0.121. The zero-order valence-corrected chi connectivity index (χ0v) is 21.1. The molecule has 0 bridgehead atoms. The summed E-state index contributed by atoms with van der Waals surface area (Å²) in [6.45, 7) is 7.90. The number of hydrogen-bond acceptors (Lipinski definition) is 3. The Balaban J connectivity index is 2.25. The molecule has 0 fully saturated rings. The standard InChI is InChI=1S/C23H27Cl3N2O2S/c1-5-20(22(30)27-23(2,3)4)28(13-15-6-11-18(25)19(26)12-15)21(29)14-31-17-9-7-16(24)8-10-17/h6-12,20H,5,13-14H2,1-4H3,(H,27,30)/t20-/m1/s1. The highest BCUT2D eigenvalue weighted by Crippen LogP contribution is 2.25. The predicted molar refractivity (Wildman–Crippen MR) is 131 cm³/mol. The van der Waals surface area contributed by atoms with Gasteiger partial charge in [-0.05, 0) is 69.2 Å². The zero-order chi connectivity index (χ0) is 23.2. The first kappa shape index (κ1) is 25.9. The van der Waals surface area contributed by atoms with Crippen molar-refractivity contribution in [1.29, 1.82) is 0 Å². The summed E-state index contributed by atoms with van der Waals surface area (Å²) in [6.07, 6.45) is 0.487. The number of rotatable bonds is 8. The molecule has 0 saturated heterocycles. The molecule has 1 N–H and O–H groups in total. The first-order valence-corrected chi connectivity index (χ1v) is 12.1. The van der Waals surface area contributed by atoms with Gasteiger partial charge in [-0.15, -0.1) is 11.8 Å². The van der Waals surface area contributed by atoms with E-state index in [1.165, 1.54) is 11.8 Å². The van der Waals surface area contributed by atoms with Crippen molar-refractivity contribution in [2.75, 3.05) is 5.75 Å². The fourth-order valence-electron chi connectivity index (χ4n) is 2.97. The van der Waals surface area contributed by atoms with Crippen LogP contribution in [0.3, 0.4) is 0 Å². The molecule has 0 aliphatic rings. The molecular weight excluding hydrogens is 475 g/mol. The van der Waals surface area contributed by atoms with Gasteiger partial charge in [0.15, 0.2) is 0 Å². The van der Waals surface area contributed by atoms with Crippen molar-refractivity contribution in [3.63, 3.8) is 0 Å². The Morgan fingerprint density at radius 1 is 1.03 bits per heavy atom. The van der Waals surface area contributed by atoms with Crippen LogP contribution in [0, 0.1) is 0 Å². The molecule has 0 heterocycles. The number of benzene rings is 2. The molecule has 0 aromatic heterocycles. The van der Waals surface area contributed by atoms with Gasteiger partial charge in [0.2, 0.25) is 11.8 Å². The van der Waals surface area contributed by atoms with E-state index in [9.17, 15) is 9.59 Å². The van der Waals surface area contributed by atoms with Crippen molar-refractivity contribution >= 4 is 58.4 Å². The number of hydrogen-bond donors (Lipinski definition) is 1. The van der Waals surface area contributed by atoms with Gasteiger partial charge < -0.3 is 10.2 Å². The Kier molecular flexibility index (Phi) is 9.56. The predicted octanol–water partition coefficient (Wildman–Crippen LogP) is 6.46. The molecule has 1 atom stereocenters. The zero-order valence-electron chi connectivity index (χ0n) is 18.0. The molecule has 2 amide bonds. The number of carbonyl (C=O) groups excluding carboxylic acids is 2. The number of amides is 2. The summed E-state index contributed by atoms with van der Waals surface area (Å²) in [7, 11) is 0. The molecule has 0 unspecified atom stereocenters. The Morgan fingerprint density at radius 3 is 2.23 bits per heavy atom. The Labute approximate surface area is 203 Å². The monoisotopic (exact) mass is 500 g/mol. The highest BCUT2D eigenvalue weighted by atomic mass is 35.5. The minimum absolute atomic E-state index is 0.137. The molecular formula is C23H27Cl3N2O2S. The van der Waals surface area contributed by atoms with Crippen LogP contribution in [-0.4, -0.2) is 34.0 Å². The van der Waals surface area contributed by atoms with Gasteiger partial charge in [-0.2, -0.15) is 0 Å². The van der Waals surface area contributed by atoms with Crippen molar-refractivity contribution < 1.29 is 9.59 Å². The smallest absolute Gasteiger partial charge is 0.243 e. The van der Waals surface area contributed by atoms with Crippen molar-refractivity contribution in [3.8, 4) is 0 Å². The average molecular weight is 502 g/mol. The summed E-state index contributed by atoms with van der Waals surface area (Å²) in [5.41, 5.74) is 0.405. The topological polar surface area (TPSA) is 49.4 Å². The lowest BCUT2D eigenvalue weighted by molar-refractivity contribution is -0.140. The van der Waals surface area contributed by atoms with E-state index in [0.29, 0.717) is 21.5 Å².